The highest BCUT2D eigenvalue weighted by molar-refractivity contribution is 7.80. The summed E-state index contributed by atoms with van der Waals surface area (Å²) in [5.41, 5.74) is 1.75. The van der Waals surface area contributed by atoms with E-state index in [2.05, 4.69) is 25.9 Å². The molecule has 0 aliphatic carbocycles. The second-order valence-electron chi connectivity index (χ2n) is 6.27. The molecule has 0 saturated carbocycles. The molecule has 1 aliphatic rings. The highest BCUT2D eigenvalue weighted by Crippen LogP contribution is 2.20. The van der Waals surface area contributed by atoms with E-state index in [1.165, 1.54) is 0 Å². The van der Waals surface area contributed by atoms with Crippen molar-refractivity contribution in [3.8, 4) is 5.75 Å². The highest BCUT2D eigenvalue weighted by atomic mass is 32.1. The van der Waals surface area contributed by atoms with Crippen LogP contribution in [-0.4, -0.2) is 40.9 Å². The summed E-state index contributed by atoms with van der Waals surface area (Å²) in [7, 11) is 0. The number of anilines is 3. The van der Waals surface area contributed by atoms with Crippen LogP contribution < -0.4 is 20.7 Å². The Labute approximate surface area is 164 Å². The van der Waals surface area contributed by atoms with E-state index in [0.29, 0.717) is 30.0 Å². The van der Waals surface area contributed by atoms with Gasteiger partial charge in [-0.2, -0.15) is 4.98 Å². The first-order valence-electron chi connectivity index (χ1n) is 9.14. The van der Waals surface area contributed by atoms with Crippen LogP contribution in [0.3, 0.4) is 0 Å². The van der Waals surface area contributed by atoms with Crippen LogP contribution in [0.15, 0.2) is 30.3 Å². The molecule has 1 aliphatic heterocycles. The minimum atomic E-state index is 0.222. The lowest BCUT2D eigenvalue weighted by Gasteiger charge is -2.14. The third-order valence-electron chi connectivity index (χ3n) is 4.03. The molecule has 1 saturated heterocycles. The number of ether oxygens (including phenoxy) is 2. The number of aryl methyl sites for hydroxylation is 1. The molecule has 1 unspecified atom stereocenters. The average molecular weight is 388 g/mol. The number of hydrogen-bond donors (Lipinski definition) is 3. The Kier molecular flexibility index (Phi) is 6.78. The van der Waals surface area contributed by atoms with Crippen molar-refractivity contribution < 1.29 is 9.47 Å². The molecule has 1 fully saturated rings. The minimum Gasteiger partial charge on any atom is -0.494 e. The van der Waals surface area contributed by atoms with Crippen LogP contribution in [0.2, 0.25) is 0 Å². The Morgan fingerprint density at radius 3 is 2.81 bits per heavy atom. The maximum atomic E-state index is 5.58. The number of thiocarbonyl (C=S) groups is 1. The van der Waals surface area contributed by atoms with Gasteiger partial charge in [0.15, 0.2) is 5.11 Å². The van der Waals surface area contributed by atoms with Crippen molar-refractivity contribution in [2.75, 3.05) is 30.4 Å². The summed E-state index contributed by atoms with van der Waals surface area (Å²) in [5.74, 6) is 1.98. The third-order valence-corrected chi connectivity index (χ3v) is 4.28. The molecular formula is C19H25N5O2S. The smallest absolute Gasteiger partial charge is 0.231 e. The van der Waals surface area contributed by atoms with Crippen LogP contribution in [0.25, 0.3) is 0 Å². The van der Waals surface area contributed by atoms with Crippen molar-refractivity contribution in [2.24, 2.45) is 0 Å². The molecular weight excluding hydrogens is 362 g/mol. The summed E-state index contributed by atoms with van der Waals surface area (Å²) >= 11 is 5.33. The van der Waals surface area contributed by atoms with Gasteiger partial charge in [0, 0.05) is 30.6 Å². The molecule has 2 heterocycles. The zero-order chi connectivity index (χ0) is 19.1. The molecule has 1 aromatic carbocycles. The quantitative estimate of drug-likeness (QED) is 0.624. The van der Waals surface area contributed by atoms with E-state index in [9.17, 15) is 0 Å². The van der Waals surface area contributed by atoms with E-state index in [4.69, 9.17) is 21.7 Å². The Balaban J connectivity index is 1.58. The van der Waals surface area contributed by atoms with Gasteiger partial charge in [0.25, 0.3) is 0 Å². The van der Waals surface area contributed by atoms with Gasteiger partial charge in [0.2, 0.25) is 5.95 Å². The topological polar surface area (TPSA) is 80.3 Å². The first-order chi connectivity index (χ1) is 13.1. The lowest BCUT2D eigenvalue weighted by atomic mass is 10.2. The summed E-state index contributed by atoms with van der Waals surface area (Å²) in [6, 6.07) is 9.61. The van der Waals surface area contributed by atoms with Crippen LogP contribution in [-0.2, 0) is 4.74 Å². The highest BCUT2D eigenvalue weighted by Gasteiger charge is 2.15. The van der Waals surface area contributed by atoms with E-state index in [-0.39, 0.29) is 6.10 Å². The van der Waals surface area contributed by atoms with Gasteiger partial charge in [-0.25, -0.2) is 4.98 Å². The first kappa shape index (κ1) is 19.3. The van der Waals surface area contributed by atoms with E-state index in [0.717, 1.165) is 36.6 Å². The average Bonchev–Trinajstić information content (AvgIpc) is 3.15. The monoisotopic (exact) mass is 387 g/mol. The molecule has 2 aromatic rings. The molecule has 3 rings (SSSR count). The molecule has 8 heteroatoms. The van der Waals surface area contributed by atoms with E-state index in [1.54, 1.807) is 0 Å². The van der Waals surface area contributed by atoms with Gasteiger partial charge in [-0.3, -0.25) is 0 Å². The van der Waals surface area contributed by atoms with Gasteiger partial charge < -0.3 is 25.4 Å². The van der Waals surface area contributed by atoms with Crippen LogP contribution >= 0.6 is 12.2 Å². The van der Waals surface area contributed by atoms with Crippen LogP contribution in [0, 0.1) is 6.92 Å². The van der Waals surface area contributed by atoms with Gasteiger partial charge in [0.05, 0.1) is 12.7 Å². The molecule has 144 valence electrons. The summed E-state index contributed by atoms with van der Waals surface area (Å²) in [6.07, 6.45) is 2.39. The Hall–Kier alpha value is -2.45. The van der Waals surface area contributed by atoms with Crippen molar-refractivity contribution in [3.63, 3.8) is 0 Å². The minimum absolute atomic E-state index is 0.222. The number of rotatable bonds is 7. The fourth-order valence-corrected chi connectivity index (χ4v) is 2.97. The molecule has 0 amide bonds. The molecule has 0 radical (unpaired) electrons. The standard InChI is InChI=1S/C19H25N5O2S/c1-3-25-15-8-6-14(7-9-15)22-17-11-13(2)21-18(23-17)24-19(27)20-12-16-5-4-10-26-16/h6-9,11,16H,3-5,10,12H2,1-2H3,(H3,20,21,22,23,24,27). The number of aromatic nitrogens is 2. The second kappa shape index (κ2) is 9.48. The molecule has 7 nitrogen and oxygen atoms in total. The first-order valence-corrected chi connectivity index (χ1v) is 9.55. The van der Waals surface area contributed by atoms with E-state index in [1.807, 2.05) is 44.2 Å². The zero-order valence-electron chi connectivity index (χ0n) is 15.6. The van der Waals surface area contributed by atoms with Gasteiger partial charge in [-0.05, 0) is 63.2 Å². The fraction of sp³-hybridized carbons (Fsp3) is 0.421. The van der Waals surface area contributed by atoms with Gasteiger partial charge >= 0.3 is 0 Å². The maximum Gasteiger partial charge on any atom is 0.231 e. The summed E-state index contributed by atoms with van der Waals surface area (Å²) in [5, 5.41) is 9.97. The number of hydrogen-bond acceptors (Lipinski definition) is 6. The molecule has 27 heavy (non-hydrogen) atoms. The predicted octanol–water partition coefficient (Wildman–Crippen LogP) is 3.39. The molecule has 0 bridgehead atoms. The number of benzene rings is 1. The van der Waals surface area contributed by atoms with Gasteiger partial charge in [-0.1, -0.05) is 0 Å². The summed E-state index contributed by atoms with van der Waals surface area (Å²) in [6.45, 7) is 6.04. The lowest BCUT2D eigenvalue weighted by molar-refractivity contribution is 0.114. The largest absolute Gasteiger partial charge is 0.494 e. The van der Waals surface area contributed by atoms with E-state index < -0.39 is 0 Å². The summed E-state index contributed by atoms with van der Waals surface area (Å²) in [4.78, 5) is 8.88. The third kappa shape index (κ3) is 6.04. The fourth-order valence-electron chi connectivity index (χ4n) is 2.80. The zero-order valence-corrected chi connectivity index (χ0v) is 16.4. The van der Waals surface area contributed by atoms with Crippen molar-refractivity contribution in [1.29, 1.82) is 0 Å². The SMILES string of the molecule is CCOc1ccc(Nc2cc(C)nc(NC(=S)NCC3CCCO3)n2)cc1. The van der Waals surface area contributed by atoms with Crippen molar-refractivity contribution in [1.82, 2.24) is 15.3 Å². The van der Waals surface area contributed by atoms with Crippen molar-refractivity contribution in [3.05, 3.63) is 36.0 Å². The molecule has 1 atom stereocenters. The van der Waals surface area contributed by atoms with Gasteiger partial charge in [-0.15, -0.1) is 0 Å². The lowest BCUT2D eigenvalue weighted by Crippen LogP contribution is -2.35. The summed E-state index contributed by atoms with van der Waals surface area (Å²) < 4.78 is 11.0. The van der Waals surface area contributed by atoms with Crippen LogP contribution in [0.4, 0.5) is 17.5 Å². The molecule has 0 spiro atoms. The van der Waals surface area contributed by atoms with E-state index >= 15 is 0 Å². The molecule has 3 N–H and O–H groups in total. The predicted molar refractivity (Wildman–Crippen MR) is 111 cm³/mol. The Morgan fingerprint density at radius 1 is 1.30 bits per heavy atom. The van der Waals surface area contributed by atoms with Crippen LogP contribution in [0.1, 0.15) is 25.5 Å². The van der Waals surface area contributed by atoms with Crippen molar-refractivity contribution in [2.45, 2.75) is 32.8 Å². The normalized spacial score (nSPS) is 16.0. The Bertz CT molecular complexity index is 763. The Morgan fingerprint density at radius 2 is 2.11 bits per heavy atom. The number of nitrogens with one attached hydrogen (secondary N) is 3. The maximum absolute atomic E-state index is 5.58. The van der Waals surface area contributed by atoms with Crippen LogP contribution in [0.5, 0.6) is 5.75 Å². The van der Waals surface area contributed by atoms with Gasteiger partial charge in [0.1, 0.15) is 11.6 Å². The second-order valence-corrected chi connectivity index (χ2v) is 6.68. The number of nitrogens with zero attached hydrogens (tertiary/aromatic N) is 2. The van der Waals surface area contributed by atoms with Crippen molar-refractivity contribution >= 4 is 34.8 Å². The molecule has 1 aromatic heterocycles.